The van der Waals surface area contributed by atoms with E-state index in [1.165, 1.54) is 0 Å². The van der Waals surface area contributed by atoms with E-state index >= 15 is 0 Å². The summed E-state index contributed by atoms with van der Waals surface area (Å²) in [5.41, 5.74) is 1.62. The molecule has 0 aliphatic rings. The molecule has 76 valence electrons. The first-order chi connectivity index (χ1) is 7.15. The molecule has 2 aromatic heterocycles. The molecular weight excluding hydrogens is 233 g/mol. The van der Waals surface area contributed by atoms with Crippen molar-refractivity contribution in [3.8, 4) is 11.4 Å². The van der Waals surface area contributed by atoms with Crippen molar-refractivity contribution in [2.24, 2.45) is 0 Å². The van der Waals surface area contributed by atoms with Crippen LogP contribution >= 0.6 is 23.2 Å². The van der Waals surface area contributed by atoms with Crippen LogP contribution in [-0.2, 0) is 0 Å². The molecule has 2 rings (SSSR count). The Morgan fingerprint density at radius 1 is 1.07 bits per heavy atom. The lowest BCUT2D eigenvalue weighted by atomic mass is 10.2. The van der Waals surface area contributed by atoms with Crippen LogP contribution in [0.2, 0.25) is 10.3 Å². The van der Waals surface area contributed by atoms with Crippen molar-refractivity contribution >= 4 is 23.2 Å². The maximum absolute atomic E-state index is 5.83. The van der Waals surface area contributed by atoms with Gasteiger partial charge < -0.3 is 0 Å². The zero-order valence-corrected chi connectivity index (χ0v) is 9.42. The van der Waals surface area contributed by atoms with Crippen LogP contribution in [0.4, 0.5) is 0 Å². The van der Waals surface area contributed by atoms with Gasteiger partial charge in [0.2, 0.25) is 0 Å². The van der Waals surface area contributed by atoms with Crippen molar-refractivity contribution in [3.05, 3.63) is 40.4 Å². The molecule has 0 amide bonds. The molecule has 0 saturated heterocycles. The number of nitrogens with zero attached hydrogens (tertiary/aromatic N) is 3. The summed E-state index contributed by atoms with van der Waals surface area (Å²) in [6, 6.07) is 5.20. The monoisotopic (exact) mass is 239 g/mol. The van der Waals surface area contributed by atoms with E-state index in [2.05, 4.69) is 15.0 Å². The minimum absolute atomic E-state index is 0.424. The summed E-state index contributed by atoms with van der Waals surface area (Å²) in [5.74, 6) is 0.559. The molecule has 0 unspecified atom stereocenters. The van der Waals surface area contributed by atoms with E-state index in [1.54, 1.807) is 24.4 Å². The molecule has 0 radical (unpaired) electrons. The van der Waals surface area contributed by atoms with Gasteiger partial charge in [-0.25, -0.2) is 15.0 Å². The fourth-order valence-electron chi connectivity index (χ4n) is 1.17. The maximum atomic E-state index is 5.83. The third-order valence-corrected chi connectivity index (χ3v) is 2.23. The van der Waals surface area contributed by atoms with Crippen LogP contribution in [0.15, 0.2) is 24.4 Å². The highest BCUT2D eigenvalue weighted by molar-refractivity contribution is 6.29. The molecule has 0 N–H and O–H groups in total. The molecule has 0 aliphatic heterocycles. The number of aromatic nitrogens is 3. The van der Waals surface area contributed by atoms with Crippen LogP contribution in [0.3, 0.4) is 0 Å². The Labute approximate surface area is 97.1 Å². The molecule has 5 heteroatoms. The summed E-state index contributed by atoms with van der Waals surface area (Å²) in [6.45, 7) is 1.86. The predicted octanol–water partition coefficient (Wildman–Crippen LogP) is 3.15. The second-order valence-corrected chi connectivity index (χ2v) is 3.80. The Morgan fingerprint density at radius 2 is 1.87 bits per heavy atom. The van der Waals surface area contributed by atoms with Crippen molar-refractivity contribution in [2.75, 3.05) is 0 Å². The van der Waals surface area contributed by atoms with Crippen molar-refractivity contribution in [1.82, 2.24) is 15.0 Å². The molecular formula is C10H7Cl2N3. The summed E-state index contributed by atoms with van der Waals surface area (Å²) in [4.78, 5) is 12.3. The normalized spacial score (nSPS) is 10.3. The average Bonchev–Trinajstić information content (AvgIpc) is 2.17. The summed E-state index contributed by atoms with van der Waals surface area (Å²) < 4.78 is 0. The lowest BCUT2D eigenvalue weighted by Gasteiger charge is -2.01. The van der Waals surface area contributed by atoms with E-state index in [0.29, 0.717) is 16.1 Å². The first kappa shape index (κ1) is 10.3. The van der Waals surface area contributed by atoms with Crippen LogP contribution in [-0.4, -0.2) is 15.0 Å². The third-order valence-electron chi connectivity index (χ3n) is 1.81. The zero-order valence-electron chi connectivity index (χ0n) is 7.91. The molecule has 0 aromatic carbocycles. The van der Waals surface area contributed by atoms with Crippen LogP contribution in [0.1, 0.15) is 5.69 Å². The minimum Gasteiger partial charge on any atom is -0.244 e. The lowest BCUT2D eigenvalue weighted by Crippen LogP contribution is -1.92. The van der Waals surface area contributed by atoms with Gasteiger partial charge in [0.15, 0.2) is 5.82 Å². The van der Waals surface area contributed by atoms with E-state index in [9.17, 15) is 0 Å². The highest BCUT2D eigenvalue weighted by Gasteiger charge is 2.04. The Kier molecular flexibility index (Phi) is 2.84. The number of rotatable bonds is 1. The van der Waals surface area contributed by atoms with Crippen molar-refractivity contribution in [2.45, 2.75) is 6.92 Å². The van der Waals surface area contributed by atoms with Gasteiger partial charge in [-0.1, -0.05) is 23.2 Å². The van der Waals surface area contributed by atoms with Gasteiger partial charge in [0.1, 0.15) is 10.3 Å². The fourth-order valence-corrected chi connectivity index (χ4v) is 1.52. The highest BCUT2D eigenvalue weighted by Crippen LogP contribution is 2.18. The average molecular weight is 240 g/mol. The maximum Gasteiger partial charge on any atom is 0.162 e. The Morgan fingerprint density at radius 3 is 2.47 bits per heavy atom. The molecule has 15 heavy (non-hydrogen) atoms. The number of aryl methyl sites for hydroxylation is 1. The molecule has 0 fully saturated rings. The Balaban J connectivity index is 2.49. The Bertz CT molecular complexity index is 462. The van der Waals surface area contributed by atoms with Crippen molar-refractivity contribution < 1.29 is 0 Å². The second kappa shape index (κ2) is 4.13. The molecule has 0 aliphatic carbocycles. The summed E-state index contributed by atoms with van der Waals surface area (Å²) in [7, 11) is 0. The zero-order chi connectivity index (χ0) is 10.8. The van der Waals surface area contributed by atoms with Gasteiger partial charge in [0.05, 0.1) is 0 Å². The standard InChI is InChI=1S/C10H7Cl2N3/c1-6-4-9(12)15-10(14-6)7-2-3-8(11)13-5-7/h2-5H,1H3. The van der Waals surface area contributed by atoms with Crippen LogP contribution < -0.4 is 0 Å². The van der Waals surface area contributed by atoms with E-state index in [-0.39, 0.29) is 0 Å². The van der Waals surface area contributed by atoms with Crippen LogP contribution in [0.25, 0.3) is 11.4 Å². The van der Waals surface area contributed by atoms with E-state index in [1.807, 2.05) is 6.92 Å². The molecule has 0 bridgehead atoms. The van der Waals surface area contributed by atoms with Gasteiger partial charge in [-0.2, -0.15) is 0 Å². The van der Waals surface area contributed by atoms with Gasteiger partial charge in [0.25, 0.3) is 0 Å². The fraction of sp³-hybridized carbons (Fsp3) is 0.100. The number of hydrogen-bond donors (Lipinski definition) is 0. The predicted molar refractivity (Wildman–Crippen MR) is 60.0 cm³/mol. The van der Waals surface area contributed by atoms with Crippen LogP contribution in [0.5, 0.6) is 0 Å². The van der Waals surface area contributed by atoms with E-state index in [4.69, 9.17) is 23.2 Å². The van der Waals surface area contributed by atoms with Gasteiger partial charge in [-0.15, -0.1) is 0 Å². The van der Waals surface area contributed by atoms with E-state index in [0.717, 1.165) is 11.3 Å². The lowest BCUT2D eigenvalue weighted by molar-refractivity contribution is 1.11. The molecule has 0 saturated carbocycles. The van der Waals surface area contributed by atoms with Gasteiger partial charge >= 0.3 is 0 Å². The summed E-state index contributed by atoms with van der Waals surface area (Å²) in [6.07, 6.45) is 1.62. The molecule has 2 heterocycles. The highest BCUT2D eigenvalue weighted by atomic mass is 35.5. The smallest absolute Gasteiger partial charge is 0.162 e. The number of halogens is 2. The molecule has 0 atom stereocenters. The number of pyridine rings is 1. The van der Waals surface area contributed by atoms with Crippen molar-refractivity contribution in [1.29, 1.82) is 0 Å². The van der Waals surface area contributed by atoms with E-state index < -0.39 is 0 Å². The largest absolute Gasteiger partial charge is 0.244 e. The van der Waals surface area contributed by atoms with Crippen LogP contribution in [0, 0.1) is 6.92 Å². The summed E-state index contributed by atoms with van der Waals surface area (Å²) >= 11 is 11.5. The first-order valence-corrected chi connectivity index (χ1v) is 5.04. The quantitative estimate of drug-likeness (QED) is 0.567. The van der Waals surface area contributed by atoms with Gasteiger partial charge in [0, 0.05) is 17.5 Å². The third kappa shape index (κ3) is 2.43. The minimum atomic E-state index is 0.424. The molecule has 2 aromatic rings. The second-order valence-electron chi connectivity index (χ2n) is 3.03. The SMILES string of the molecule is Cc1cc(Cl)nc(-c2ccc(Cl)nc2)n1. The van der Waals surface area contributed by atoms with Gasteiger partial charge in [-0.05, 0) is 25.1 Å². The molecule has 3 nitrogen and oxygen atoms in total. The molecule has 0 spiro atoms. The van der Waals surface area contributed by atoms with Gasteiger partial charge in [-0.3, -0.25) is 0 Å². The number of hydrogen-bond acceptors (Lipinski definition) is 3. The summed E-state index contributed by atoms with van der Waals surface area (Å²) in [5, 5.41) is 0.866. The van der Waals surface area contributed by atoms with Crippen molar-refractivity contribution in [3.63, 3.8) is 0 Å². The Hall–Kier alpha value is -1.19. The topological polar surface area (TPSA) is 38.7 Å². The first-order valence-electron chi connectivity index (χ1n) is 4.28.